The third-order valence-corrected chi connectivity index (χ3v) is 4.39. The van der Waals surface area contributed by atoms with Crippen LogP contribution >= 0.6 is 24.8 Å². The van der Waals surface area contributed by atoms with Crippen molar-refractivity contribution in [3.8, 4) is 0 Å². The molecule has 0 amide bonds. The Kier molecular flexibility index (Phi) is 7.07. The number of aliphatic hydroxyl groups is 1. The van der Waals surface area contributed by atoms with Crippen LogP contribution in [0.15, 0.2) is 30.3 Å². The SMILES string of the molecule is CCN1CCCC1C(O)c1cccc2ccc(C)nc12.Cl.Cl. The van der Waals surface area contributed by atoms with E-state index in [4.69, 9.17) is 0 Å². The van der Waals surface area contributed by atoms with Gasteiger partial charge in [-0.3, -0.25) is 9.88 Å². The number of pyridine rings is 1. The average molecular weight is 343 g/mol. The van der Waals surface area contributed by atoms with Crippen LogP contribution < -0.4 is 0 Å². The first-order chi connectivity index (χ1) is 9.70. The molecule has 5 heteroatoms. The molecule has 3 nitrogen and oxygen atoms in total. The Labute approximate surface area is 144 Å². The summed E-state index contributed by atoms with van der Waals surface area (Å²) in [6, 6.07) is 10.4. The minimum absolute atomic E-state index is 0. The second-order valence-electron chi connectivity index (χ2n) is 5.65. The zero-order valence-electron chi connectivity index (χ0n) is 13.0. The Balaban J connectivity index is 0.00000121. The van der Waals surface area contributed by atoms with Gasteiger partial charge >= 0.3 is 0 Å². The highest BCUT2D eigenvalue weighted by atomic mass is 35.5. The first-order valence-corrected chi connectivity index (χ1v) is 7.49. The molecule has 1 saturated heterocycles. The number of benzene rings is 1. The van der Waals surface area contributed by atoms with Crippen molar-refractivity contribution in [3.05, 3.63) is 41.6 Å². The number of hydrogen-bond acceptors (Lipinski definition) is 3. The van der Waals surface area contributed by atoms with Crippen LogP contribution in [0.4, 0.5) is 0 Å². The van der Waals surface area contributed by atoms with E-state index >= 15 is 0 Å². The van der Waals surface area contributed by atoms with Gasteiger partial charge in [-0.25, -0.2) is 0 Å². The Bertz CT molecular complexity index is 621. The van der Waals surface area contributed by atoms with Crippen LogP contribution in [0.5, 0.6) is 0 Å². The lowest BCUT2D eigenvalue weighted by atomic mass is 9.97. The maximum absolute atomic E-state index is 10.8. The monoisotopic (exact) mass is 342 g/mol. The molecule has 1 aliphatic heterocycles. The molecule has 22 heavy (non-hydrogen) atoms. The molecule has 1 fully saturated rings. The topological polar surface area (TPSA) is 36.4 Å². The van der Waals surface area contributed by atoms with Crippen molar-refractivity contribution in [3.63, 3.8) is 0 Å². The molecule has 1 aromatic carbocycles. The van der Waals surface area contributed by atoms with Gasteiger partial charge in [0.15, 0.2) is 0 Å². The Hall–Kier alpha value is -0.870. The normalized spacial score (nSPS) is 19.5. The Morgan fingerprint density at radius 3 is 2.77 bits per heavy atom. The predicted molar refractivity (Wildman–Crippen MR) is 96.2 cm³/mol. The molecule has 3 rings (SSSR count). The molecule has 0 bridgehead atoms. The number of aliphatic hydroxyl groups excluding tert-OH is 1. The standard InChI is InChI=1S/C17H22N2O.2ClH/c1-3-19-11-5-8-15(19)17(20)14-7-4-6-13-10-9-12(2)18-16(13)14;;/h4,6-7,9-10,15,17,20H,3,5,8,11H2,1-2H3;2*1H. The van der Waals surface area contributed by atoms with Crippen molar-refractivity contribution >= 4 is 35.7 Å². The van der Waals surface area contributed by atoms with Gasteiger partial charge in [-0.2, -0.15) is 0 Å². The third kappa shape index (κ3) is 3.54. The number of likely N-dealkylation sites (N-methyl/N-ethyl adjacent to an activating group) is 1. The van der Waals surface area contributed by atoms with Gasteiger partial charge in [0.2, 0.25) is 0 Å². The molecule has 0 saturated carbocycles. The van der Waals surface area contributed by atoms with Crippen LogP contribution in [0.2, 0.25) is 0 Å². The van der Waals surface area contributed by atoms with Gasteiger partial charge in [-0.1, -0.05) is 31.2 Å². The fourth-order valence-electron chi connectivity index (χ4n) is 3.32. The number of aromatic nitrogens is 1. The number of nitrogens with zero attached hydrogens (tertiary/aromatic N) is 2. The minimum atomic E-state index is -0.449. The smallest absolute Gasteiger partial charge is 0.0966 e. The number of hydrogen-bond donors (Lipinski definition) is 1. The maximum atomic E-state index is 10.8. The van der Waals surface area contributed by atoms with E-state index < -0.39 is 6.10 Å². The summed E-state index contributed by atoms with van der Waals surface area (Å²) in [5.41, 5.74) is 2.91. The van der Waals surface area contributed by atoms with E-state index in [1.807, 2.05) is 25.1 Å². The zero-order chi connectivity index (χ0) is 14.1. The van der Waals surface area contributed by atoms with Crippen LogP contribution in [-0.2, 0) is 0 Å². The zero-order valence-corrected chi connectivity index (χ0v) is 14.7. The lowest BCUT2D eigenvalue weighted by Gasteiger charge is -2.28. The van der Waals surface area contributed by atoms with E-state index in [1.165, 1.54) is 6.42 Å². The van der Waals surface area contributed by atoms with Gasteiger partial charge in [0, 0.05) is 22.7 Å². The minimum Gasteiger partial charge on any atom is -0.387 e. The van der Waals surface area contributed by atoms with Crippen LogP contribution in [-0.4, -0.2) is 34.1 Å². The largest absolute Gasteiger partial charge is 0.387 e. The molecule has 2 atom stereocenters. The van der Waals surface area contributed by atoms with Gasteiger partial charge < -0.3 is 5.11 Å². The highest BCUT2D eigenvalue weighted by molar-refractivity contribution is 5.85. The summed E-state index contributed by atoms with van der Waals surface area (Å²) < 4.78 is 0. The fourth-order valence-corrected chi connectivity index (χ4v) is 3.32. The predicted octanol–water partition coefficient (Wildman–Crippen LogP) is 3.90. The Morgan fingerprint density at radius 2 is 2.05 bits per heavy atom. The second-order valence-corrected chi connectivity index (χ2v) is 5.65. The number of rotatable bonds is 3. The number of likely N-dealkylation sites (tertiary alicyclic amines) is 1. The summed E-state index contributed by atoms with van der Waals surface area (Å²) in [6.07, 6.45) is 1.79. The summed E-state index contributed by atoms with van der Waals surface area (Å²) in [5, 5.41) is 11.9. The molecule has 2 aromatic rings. The summed E-state index contributed by atoms with van der Waals surface area (Å²) in [7, 11) is 0. The molecular weight excluding hydrogens is 319 g/mol. The summed E-state index contributed by atoms with van der Waals surface area (Å²) >= 11 is 0. The van der Waals surface area contributed by atoms with Crippen molar-refractivity contribution in [2.75, 3.05) is 13.1 Å². The van der Waals surface area contributed by atoms with Gasteiger partial charge in [0.1, 0.15) is 0 Å². The van der Waals surface area contributed by atoms with Crippen LogP contribution in [0, 0.1) is 6.92 Å². The molecule has 1 aliphatic rings. The fraction of sp³-hybridized carbons (Fsp3) is 0.471. The van der Waals surface area contributed by atoms with Gasteiger partial charge in [-0.15, -0.1) is 24.8 Å². The quantitative estimate of drug-likeness (QED) is 0.918. The van der Waals surface area contributed by atoms with Crippen LogP contribution in [0.1, 0.15) is 37.1 Å². The number of halogens is 2. The molecule has 1 N–H and O–H groups in total. The molecule has 0 radical (unpaired) electrons. The average Bonchev–Trinajstić information content (AvgIpc) is 2.94. The van der Waals surface area contributed by atoms with E-state index in [-0.39, 0.29) is 30.9 Å². The van der Waals surface area contributed by atoms with Crippen molar-refractivity contribution in [1.82, 2.24) is 9.88 Å². The van der Waals surface area contributed by atoms with E-state index in [1.54, 1.807) is 0 Å². The molecule has 122 valence electrons. The van der Waals surface area contributed by atoms with E-state index in [0.717, 1.165) is 41.7 Å². The van der Waals surface area contributed by atoms with Gasteiger partial charge in [0.25, 0.3) is 0 Å². The van der Waals surface area contributed by atoms with Crippen molar-refractivity contribution in [1.29, 1.82) is 0 Å². The molecule has 1 aromatic heterocycles. The van der Waals surface area contributed by atoms with Gasteiger partial charge in [0.05, 0.1) is 11.6 Å². The van der Waals surface area contributed by atoms with Crippen LogP contribution in [0.25, 0.3) is 10.9 Å². The van der Waals surface area contributed by atoms with E-state index in [9.17, 15) is 5.11 Å². The third-order valence-electron chi connectivity index (χ3n) is 4.39. The second kappa shape index (κ2) is 8.11. The lowest BCUT2D eigenvalue weighted by molar-refractivity contribution is 0.0764. The molecule has 2 unspecified atom stereocenters. The highest BCUT2D eigenvalue weighted by Gasteiger charge is 2.31. The van der Waals surface area contributed by atoms with Crippen molar-refractivity contribution < 1.29 is 5.11 Å². The number of aryl methyl sites for hydroxylation is 1. The molecule has 0 spiro atoms. The highest BCUT2D eigenvalue weighted by Crippen LogP contribution is 2.32. The van der Waals surface area contributed by atoms with Crippen LogP contribution in [0.3, 0.4) is 0 Å². The first-order valence-electron chi connectivity index (χ1n) is 7.49. The summed E-state index contributed by atoms with van der Waals surface area (Å²) in [4.78, 5) is 7.01. The summed E-state index contributed by atoms with van der Waals surface area (Å²) in [5.74, 6) is 0. The molecular formula is C17H24Cl2N2O. The first kappa shape index (κ1) is 19.2. The van der Waals surface area contributed by atoms with E-state index in [2.05, 4.69) is 28.9 Å². The lowest BCUT2D eigenvalue weighted by Crippen LogP contribution is -2.34. The summed E-state index contributed by atoms with van der Waals surface area (Å²) in [6.45, 7) is 6.25. The van der Waals surface area contributed by atoms with Gasteiger partial charge in [-0.05, 0) is 38.9 Å². The molecule has 0 aliphatic carbocycles. The molecule has 2 heterocycles. The van der Waals surface area contributed by atoms with Crippen molar-refractivity contribution in [2.24, 2.45) is 0 Å². The number of para-hydroxylation sites is 1. The Morgan fingerprint density at radius 1 is 1.27 bits per heavy atom. The van der Waals surface area contributed by atoms with Crippen molar-refractivity contribution in [2.45, 2.75) is 38.8 Å². The number of fused-ring (bicyclic) bond motifs is 1. The maximum Gasteiger partial charge on any atom is 0.0966 e. The van der Waals surface area contributed by atoms with E-state index in [0.29, 0.717) is 0 Å².